The number of nitrogens with zero attached hydrogens (tertiary/aromatic N) is 2. The first-order valence-electron chi connectivity index (χ1n) is 4.68. The van der Waals surface area contributed by atoms with Crippen molar-refractivity contribution < 1.29 is 5.11 Å². The summed E-state index contributed by atoms with van der Waals surface area (Å²) in [4.78, 5) is 3.96. The van der Waals surface area contributed by atoms with E-state index in [2.05, 4.69) is 11.6 Å². The molecule has 3 nitrogen and oxygen atoms in total. The van der Waals surface area contributed by atoms with E-state index in [0.717, 1.165) is 11.3 Å². The molecule has 0 aliphatic heterocycles. The standard InChI is InChI=1S/C12H11N2O/c1-2-12(15)10-3-5-11(6-4-10)14-8-7-13-9-14/h2-9,12H,1H2. The van der Waals surface area contributed by atoms with E-state index in [1.165, 1.54) is 6.08 Å². The smallest absolute Gasteiger partial charge is 0.136 e. The molecule has 3 heteroatoms. The van der Waals surface area contributed by atoms with Crippen molar-refractivity contribution in [1.29, 1.82) is 0 Å². The lowest BCUT2D eigenvalue weighted by Crippen LogP contribution is -1.93. The minimum absolute atomic E-state index is 0.730. The third-order valence-electron chi connectivity index (χ3n) is 2.24. The highest BCUT2D eigenvalue weighted by molar-refractivity contribution is 5.35. The van der Waals surface area contributed by atoms with Crippen LogP contribution in [0.2, 0.25) is 0 Å². The molecule has 2 aromatic rings. The maximum Gasteiger partial charge on any atom is 0.136 e. The van der Waals surface area contributed by atoms with E-state index in [1.54, 1.807) is 12.5 Å². The molecule has 0 N–H and O–H groups in total. The van der Waals surface area contributed by atoms with Crippen molar-refractivity contribution in [2.45, 2.75) is 6.10 Å². The molecule has 15 heavy (non-hydrogen) atoms. The Morgan fingerprint density at radius 2 is 2.07 bits per heavy atom. The Labute approximate surface area is 88.3 Å². The Morgan fingerprint density at radius 3 is 2.60 bits per heavy atom. The molecule has 0 bridgehead atoms. The van der Waals surface area contributed by atoms with Crippen molar-refractivity contribution in [3.05, 3.63) is 61.2 Å². The second-order valence-corrected chi connectivity index (χ2v) is 3.22. The first-order chi connectivity index (χ1) is 7.31. The Hall–Kier alpha value is -1.87. The van der Waals surface area contributed by atoms with E-state index in [9.17, 15) is 5.11 Å². The van der Waals surface area contributed by atoms with E-state index in [-0.39, 0.29) is 0 Å². The van der Waals surface area contributed by atoms with Gasteiger partial charge in [0.25, 0.3) is 0 Å². The Balaban J connectivity index is 2.28. The van der Waals surface area contributed by atoms with Gasteiger partial charge in [-0.3, -0.25) is 0 Å². The Kier molecular flexibility index (Phi) is 2.65. The number of rotatable bonds is 3. The highest BCUT2D eigenvalue weighted by Crippen LogP contribution is 2.16. The van der Waals surface area contributed by atoms with Gasteiger partial charge in [-0.05, 0) is 17.7 Å². The first-order valence-corrected chi connectivity index (χ1v) is 4.68. The molecule has 0 aliphatic carbocycles. The van der Waals surface area contributed by atoms with E-state index in [1.807, 2.05) is 35.0 Å². The van der Waals surface area contributed by atoms with Crippen LogP contribution in [0.4, 0.5) is 0 Å². The predicted octanol–water partition coefficient (Wildman–Crippen LogP) is 2.53. The highest BCUT2D eigenvalue weighted by Gasteiger charge is 2.04. The molecule has 0 spiro atoms. The molecule has 1 aromatic heterocycles. The van der Waals surface area contributed by atoms with Crippen LogP contribution in [-0.2, 0) is 5.11 Å². The van der Waals surface area contributed by atoms with E-state index in [0.29, 0.717) is 0 Å². The third kappa shape index (κ3) is 1.97. The van der Waals surface area contributed by atoms with E-state index < -0.39 is 6.10 Å². The highest BCUT2D eigenvalue weighted by atomic mass is 16.3. The largest absolute Gasteiger partial charge is 0.306 e. The van der Waals surface area contributed by atoms with E-state index in [4.69, 9.17) is 0 Å². The molecule has 0 saturated heterocycles. The number of aromatic nitrogens is 2. The monoisotopic (exact) mass is 199 g/mol. The molecule has 1 heterocycles. The molecule has 2 rings (SSSR count). The lowest BCUT2D eigenvalue weighted by Gasteiger charge is -2.05. The summed E-state index contributed by atoms with van der Waals surface area (Å²) >= 11 is 0. The molecule has 0 amide bonds. The fraction of sp³-hybridized carbons (Fsp3) is 0.0833. The maximum atomic E-state index is 11.4. The van der Waals surface area contributed by atoms with Gasteiger partial charge < -0.3 is 4.57 Å². The van der Waals surface area contributed by atoms with Gasteiger partial charge in [0, 0.05) is 18.1 Å². The van der Waals surface area contributed by atoms with Gasteiger partial charge in [0.15, 0.2) is 0 Å². The fourth-order valence-electron chi connectivity index (χ4n) is 1.38. The molecule has 0 aliphatic rings. The number of imidazole rings is 1. The van der Waals surface area contributed by atoms with Crippen LogP contribution in [0.15, 0.2) is 55.6 Å². The normalized spacial score (nSPS) is 12.3. The zero-order valence-corrected chi connectivity index (χ0v) is 8.21. The molecule has 0 saturated carbocycles. The predicted molar refractivity (Wildman–Crippen MR) is 57.2 cm³/mol. The van der Waals surface area contributed by atoms with Crippen LogP contribution in [0.1, 0.15) is 11.7 Å². The quantitative estimate of drug-likeness (QED) is 0.700. The van der Waals surface area contributed by atoms with Gasteiger partial charge in [-0.15, -0.1) is 6.58 Å². The summed E-state index contributed by atoms with van der Waals surface area (Å²) in [6.07, 6.45) is 5.84. The minimum atomic E-state index is -0.846. The van der Waals surface area contributed by atoms with Gasteiger partial charge in [-0.25, -0.2) is 10.1 Å². The zero-order valence-electron chi connectivity index (χ0n) is 8.21. The van der Waals surface area contributed by atoms with Crippen LogP contribution < -0.4 is 0 Å². The van der Waals surface area contributed by atoms with Crippen molar-refractivity contribution in [1.82, 2.24) is 9.55 Å². The molecule has 1 aromatic carbocycles. The summed E-state index contributed by atoms with van der Waals surface area (Å²) in [5.74, 6) is 0. The average Bonchev–Trinajstić information content (AvgIpc) is 2.82. The van der Waals surface area contributed by atoms with Crippen LogP contribution in [0, 0.1) is 0 Å². The average molecular weight is 199 g/mol. The second kappa shape index (κ2) is 4.11. The van der Waals surface area contributed by atoms with Crippen LogP contribution in [0.25, 0.3) is 5.69 Å². The van der Waals surface area contributed by atoms with Crippen LogP contribution in [-0.4, -0.2) is 9.55 Å². The van der Waals surface area contributed by atoms with Crippen molar-refractivity contribution in [2.24, 2.45) is 0 Å². The van der Waals surface area contributed by atoms with Crippen LogP contribution >= 0.6 is 0 Å². The zero-order chi connectivity index (χ0) is 10.7. The van der Waals surface area contributed by atoms with Gasteiger partial charge in [-0.1, -0.05) is 18.2 Å². The summed E-state index contributed by atoms with van der Waals surface area (Å²) in [6, 6.07) is 7.42. The summed E-state index contributed by atoms with van der Waals surface area (Å²) < 4.78 is 1.89. The van der Waals surface area contributed by atoms with Crippen molar-refractivity contribution in [3.8, 4) is 5.69 Å². The van der Waals surface area contributed by atoms with Crippen LogP contribution in [0.5, 0.6) is 0 Å². The van der Waals surface area contributed by atoms with Crippen molar-refractivity contribution in [3.63, 3.8) is 0 Å². The lowest BCUT2D eigenvalue weighted by molar-refractivity contribution is 0.132. The van der Waals surface area contributed by atoms with Gasteiger partial charge in [0.05, 0.1) is 6.33 Å². The molecule has 0 fully saturated rings. The van der Waals surface area contributed by atoms with Gasteiger partial charge in [0.1, 0.15) is 6.10 Å². The molecular formula is C12H11N2O. The van der Waals surface area contributed by atoms with Gasteiger partial charge in [0.2, 0.25) is 0 Å². The molecular weight excluding hydrogens is 188 g/mol. The van der Waals surface area contributed by atoms with Gasteiger partial charge >= 0.3 is 0 Å². The Morgan fingerprint density at radius 1 is 1.33 bits per heavy atom. The summed E-state index contributed by atoms with van der Waals surface area (Å²) in [6.45, 7) is 3.48. The maximum absolute atomic E-state index is 11.4. The fourth-order valence-corrected chi connectivity index (χ4v) is 1.38. The number of benzene rings is 1. The summed E-state index contributed by atoms with van der Waals surface area (Å²) in [7, 11) is 0. The summed E-state index contributed by atoms with van der Waals surface area (Å²) in [5, 5.41) is 11.4. The van der Waals surface area contributed by atoms with Crippen LogP contribution in [0.3, 0.4) is 0 Å². The Bertz CT molecular complexity index is 431. The van der Waals surface area contributed by atoms with E-state index >= 15 is 0 Å². The number of hydrogen-bond donors (Lipinski definition) is 0. The topological polar surface area (TPSA) is 37.7 Å². The molecule has 1 unspecified atom stereocenters. The molecule has 75 valence electrons. The second-order valence-electron chi connectivity index (χ2n) is 3.22. The third-order valence-corrected chi connectivity index (χ3v) is 2.24. The number of hydrogen-bond acceptors (Lipinski definition) is 1. The first kappa shape index (κ1) is 9.68. The SMILES string of the molecule is C=CC([O])c1ccc(-n2ccnc2)cc1. The van der Waals surface area contributed by atoms with Gasteiger partial charge in [-0.2, -0.15) is 0 Å². The van der Waals surface area contributed by atoms with Crippen molar-refractivity contribution >= 4 is 0 Å². The molecule has 1 radical (unpaired) electrons. The molecule has 1 atom stereocenters. The minimum Gasteiger partial charge on any atom is -0.306 e. The lowest BCUT2D eigenvalue weighted by atomic mass is 10.1. The summed E-state index contributed by atoms with van der Waals surface area (Å²) in [5.41, 5.74) is 1.72. The van der Waals surface area contributed by atoms with Crippen molar-refractivity contribution in [2.75, 3.05) is 0 Å².